The van der Waals surface area contributed by atoms with Crippen LogP contribution in [0.2, 0.25) is 0 Å². The molecule has 0 fully saturated rings. The van der Waals surface area contributed by atoms with Crippen molar-refractivity contribution in [3.05, 3.63) is 35.4 Å². The fraction of sp³-hybridized carbons (Fsp3) is 0.600. The highest BCUT2D eigenvalue weighted by Gasteiger charge is 2.11. The average Bonchev–Trinajstić information content (AvgIpc) is 2.35. The van der Waals surface area contributed by atoms with Crippen molar-refractivity contribution in [3.63, 3.8) is 0 Å². The lowest BCUT2D eigenvalue weighted by Crippen LogP contribution is -2.33. The molecule has 0 saturated carbocycles. The molecule has 1 rings (SSSR count). The van der Waals surface area contributed by atoms with Gasteiger partial charge in [-0.25, -0.2) is 0 Å². The Morgan fingerprint density at radius 1 is 1.06 bits per heavy atom. The van der Waals surface area contributed by atoms with Gasteiger partial charge in [-0.15, -0.1) is 0 Å². The first-order valence-electron chi connectivity index (χ1n) is 6.55. The van der Waals surface area contributed by atoms with Crippen molar-refractivity contribution >= 4 is 0 Å². The summed E-state index contributed by atoms with van der Waals surface area (Å²) in [6.45, 7) is 8.83. The summed E-state index contributed by atoms with van der Waals surface area (Å²) in [4.78, 5) is 0. The average molecular weight is 235 g/mol. The number of aliphatic hydroxyl groups excluding tert-OH is 1. The molecule has 0 aromatic heterocycles. The standard InChI is InChI=1S/C15H25NO/c1-5-15(10-17)16-12(4)14-8-6-13(7-9-14)11(2)3/h6-9,11-12,15-17H,5,10H2,1-4H3/t12?,15-/m0/s1. The summed E-state index contributed by atoms with van der Waals surface area (Å²) in [5, 5.41) is 12.6. The van der Waals surface area contributed by atoms with Gasteiger partial charge in [0.1, 0.15) is 0 Å². The van der Waals surface area contributed by atoms with Crippen LogP contribution in [-0.4, -0.2) is 17.8 Å². The van der Waals surface area contributed by atoms with Gasteiger partial charge in [0.2, 0.25) is 0 Å². The second-order valence-electron chi connectivity index (χ2n) is 5.00. The Bertz CT molecular complexity index is 314. The van der Waals surface area contributed by atoms with Gasteiger partial charge in [0.25, 0.3) is 0 Å². The molecule has 0 bridgehead atoms. The molecular formula is C15H25NO. The predicted molar refractivity (Wildman–Crippen MR) is 73.2 cm³/mol. The summed E-state index contributed by atoms with van der Waals surface area (Å²) in [7, 11) is 0. The Labute approximate surface area is 105 Å². The number of hydrogen-bond donors (Lipinski definition) is 2. The topological polar surface area (TPSA) is 32.3 Å². The van der Waals surface area contributed by atoms with Crippen LogP contribution < -0.4 is 5.32 Å². The minimum absolute atomic E-state index is 0.190. The van der Waals surface area contributed by atoms with E-state index in [0.717, 1.165) is 6.42 Å². The molecule has 17 heavy (non-hydrogen) atoms. The Kier molecular flexibility index (Phi) is 5.66. The van der Waals surface area contributed by atoms with Crippen molar-refractivity contribution in [2.75, 3.05) is 6.61 Å². The van der Waals surface area contributed by atoms with Crippen LogP contribution in [0.3, 0.4) is 0 Å². The molecule has 2 nitrogen and oxygen atoms in total. The highest BCUT2D eigenvalue weighted by molar-refractivity contribution is 5.26. The molecule has 0 radical (unpaired) electrons. The zero-order chi connectivity index (χ0) is 12.8. The van der Waals surface area contributed by atoms with Crippen LogP contribution in [-0.2, 0) is 0 Å². The van der Waals surface area contributed by atoms with Gasteiger partial charge in [-0.1, -0.05) is 45.0 Å². The zero-order valence-corrected chi connectivity index (χ0v) is 11.4. The van der Waals surface area contributed by atoms with Crippen molar-refractivity contribution in [1.82, 2.24) is 5.32 Å². The Morgan fingerprint density at radius 3 is 2.00 bits per heavy atom. The van der Waals surface area contributed by atoms with Gasteiger partial charge in [0, 0.05) is 12.1 Å². The maximum absolute atomic E-state index is 9.18. The lowest BCUT2D eigenvalue weighted by atomic mass is 9.99. The van der Waals surface area contributed by atoms with E-state index in [9.17, 15) is 5.11 Å². The molecular weight excluding hydrogens is 210 g/mol. The first-order chi connectivity index (χ1) is 8.08. The third kappa shape index (κ3) is 4.14. The Morgan fingerprint density at radius 2 is 1.59 bits per heavy atom. The van der Waals surface area contributed by atoms with E-state index in [-0.39, 0.29) is 18.7 Å². The quantitative estimate of drug-likeness (QED) is 0.793. The van der Waals surface area contributed by atoms with Crippen molar-refractivity contribution in [2.45, 2.75) is 52.1 Å². The van der Waals surface area contributed by atoms with Crippen LogP contribution in [0.15, 0.2) is 24.3 Å². The third-order valence-corrected chi connectivity index (χ3v) is 3.30. The second kappa shape index (κ2) is 6.77. The van der Waals surface area contributed by atoms with Crippen molar-refractivity contribution < 1.29 is 5.11 Å². The van der Waals surface area contributed by atoms with E-state index in [1.807, 2.05) is 0 Å². The largest absolute Gasteiger partial charge is 0.395 e. The molecule has 1 unspecified atom stereocenters. The van der Waals surface area contributed by atoms with Crippen molar-refractivity contribution in [3.8, 4) is 0 Å². The molecule has 0 aliphatic carbocycles. The van der Waals surface area contributed by atoms with E-state index in [4.69, 9.17) is 0 Å². The van der Waals surface area contributed by atoms with Crippen LogP contribution in [0.4, 0.5) is 0 Å². The fourth-order valence-electron chi connectivity index (χ4n) is 1.92. The Balaban J connectivity index is 2.66. The fourth-order valence-corrected chi connectivity index (χ4v) is 1.92. The number of hydrogen-bond acceptors (Lipinski definition) is 2. The SMILES string of the molecule is CC[C@@H](CO)NC(C)c1ccc(C(C)C)cc1. The van der Waals surface area contributed by atoms with Gasteiger partial charge in [0.15, 0.2) is 0 Å². The van der Waals surface area contributed by atoms with Gasteiger partial charge in [-0.3, -0.25) is 0 Å². The van der Waals surface area contributed by atoms with E-state index in [1.54, 1.807) is 0 Å². The molecule has 0 saturated heterocycles. The number of aliphatic hydroxyl groups is 1. The summed E-state index contributed by atoms with van der Waals surface area (Å²) in [6, 6.07) is 9.22. The third-order valence-electron chi connectivity index (χ3n) is 3.30. The molecule has 1 aromatic rings. The molecule has 0 aliphatic heterocycles. The normalized spacial score (nSPS) is 14.9. The predicted octanol–water partition coefficient (Wildman–Crippen LogP) is 3.23. The minimum Gasteiger partial charge on any atom is -0.395 e. The smallest absolute Gasteiger partial charge is 0.0584 e. The number of benzene rings is 1. The van der Waals surface area contributed by atoms with Crippen LogP contribution in [0.25, 0.3) is 0 Å². The van der Waals surface area contributed by atoms with Crippen molar-refractivity contribution in [1.29, 1.82) is 0 Å². The van der Waals surface area contributed by atoms with Crippen LogP contribution in [0, 0.1) is 0 Å². The summed E-state index contributed by atoms with van der Waals surface area (Å²) in [6.07, 6.45) is 0.949. The molecule has 2 heteroatoms. The highest BCUT2D eigenvalue weighted by Crippen LogP contribution is 2.19. The summed E-state index contributed by atoms with van der Waals surface area (Å²) >= 11 is 0. The molecule has 2 atom stereocenters. The maximum Gasteiger partial charge on any atom is 0.0584 e. The second-order valence-corrected chi connectivity index (χ2v) is 5.00. The number of rotatable bonds is 6. The molecule has 96 valence electrons. The summed E-state index contributed by atoms with van der Waals surface area (Å²) in [5.74, 6) is 0.577. The van der Waals surface area contributed by atoms with Crippen LogP contribution >= 0.6 is 0 Å². The van der Waals surface area contributed by atoms with Crippen LogP contribution in [0.1, 0.15) is 57.2 Å². The van der Waals surface area contributed by atoms with E-state index in [2.05, 4.69) is 57.3 Å². The van der Waals surface area contributed by atoms with E-state index >= 15 is 0 Å². The monoisotopic (exact) mass is 235 g/mol. The van der Waals surface area contributed by atoms with E-state index in [1.165, 1.54) is 11.1 Å². The molecule has 2 N–H and O–H groups in total. The lowest BCUT2D eigenvalue weighted by Gasteiger charge is -2.21. The first-order valence-corrected chi connectivity index (χ1v) is 6.55. The lowest BCUT2D eigenvalue weighted by molar-refractivity contribution is 0.230. The van der Waals surface area contributed by atoms with Gasteiger partial charge >= 0.3 is 0 Å². The van der Waals surface area contributed by atoms with Gasteiger partial charge in [-0.05, 0) is 30.4 Å². The summed E-state index contributed by atoms with van der Waals surface area (Å²) in [5.41, 5.74) is 2.65. The molecule has 0 spiro atoms. The molecule has 0 amide bonds. The van der Waals surface area contributed by atoms with E-state index < -0.39 is 0 Å². The molecule has 1 aromatic carbocycles. The van der Waals surface area contributed by atoms with Gasteiger partial charge in [-0.2, -0.15) is 0 Å². The van der Waals surface area contributed by atoms with Crippen molar-refractivity contribution in [2.24, 2.45) is 0 Å². The maximum atomic E-state index is 9.18. The molecule has 0 heterocycles. The van der Waals surface area contributed by atoms with E-state index in [0.29, 0.717) is 5.92 Å². The zero-order valence-electron chi connectivity index (χ0n) is 11.4. The summed E-state index contributed by atoms with van der Waals surface area (Å²) < 4.78 is 0. The first kappa shape index (κ1) is 14.2. The van der Waals surface area contributed by atoms with Gasteiger partial charge < -0.3 is 10.4 Å². The Hall–Kier alpha value is -0.860. The minimum atomic E-state index is 0.190. The molecule has 0 aliphatic rings. The van der Waals surface area contributed by atoms with Gasteiger partial charge in [0.05, 0.1) is 6.61 Å². The highest BCUT2D eigenvalue weighted by atomic mass is 16.3. The van der Waals surface area contributed by atoms with Crippen LogP contribution in [0.5, 0.6) is 0 Å². The number of nitrogens with one attached hydrogen (secondary N) is 1.